The molecule has 0 saturated carbocycles. The highest BCUT2D eigenvalue weighted by Crippen LogP contribution is 2.36. The number of aryl methyl sites for hydroxylation is 1. The summed E-state index contributed by atoms with van der Waals surface area (Å²) in [6.45, 7) is 6.03. The molecule has 0 radical (unpaired) electrons. The zero-order valence-electron chi connectivity index (χ0n) is 13.4. The van der Waals surface area contributed by atoms with E-state index in [1.807, 2.05) is 29.5 Å². The Morgan fingerprint density at radius 2 is 2.30 bits per heavy atom. The average molecular weight is 330 g/mol. The van der Waals surface area contributed by atoms with Gasteiger partial charge in [0.1, 0.15) is 6.10 Å². The van der Waals surface area contributed by atoms with Crippen LogP contribution in [0.2, 0.25) is 0 Å². The monoisotopic (exact) mass is 330 g/mol. The van der Waals surface area contributed by atoms with Crippen molar-refractivity contribution in [1.29, 1.82) is 0 Å². The van der Waals surface area contributed by atoms with Gasteiger partial charge < -0.3 is 9.47 Å². The highest BCUT2D eigenvalue weighted by Gasteiger charge is 2.48. The van der Waals surface area contributed by atoms with Crippen LogP contribution >= 0.6 is 11.3 Å². The van der Waals surface area contributed by atoms with Crippen molar-refractivity contribution in [2.24, 2.45) is 0 Å². The van der Waals surface area contributed by atoms with E-state index in [0.29, 0.717) is 0 Å². The van der Waals surface area contributed by atoms with Crippen LogP contribution in [0.4, 0.5) is 0 Å². The first-order valence-electron chi connectivity index (χ1n) is 8.19. The van der Waals surface area contributed by atoms with E-state index >= 15 is 0 Å². The fourth-order valence-corrected chi connectivity index (χ4v) is 4.49. The summed E-state index contributed by atoms with van der Waals surface area (Å²) in [7, 11) is 0. The summed E-state index contributed by atoms with van der Waals surface area (Å²) in [6.07, 6.45) is 3.90. The number of rotatable bonds is 4. The molecule has 23 heavy (non-hydrogen) atoms. The first kappa shape index (κ1) is 15.1. The third kappa shape index (κ3) is 3.27. The minimum absolute atomic E-state index is 0.0111. The van der Waals surface area contributed by atoms with Crippen LogP contribution in [0.3, 0.4) is 0 Å². The maximum atomic E-state index is 6.11. The molecule has 2 aromatic heterocycles. The van der Waals surface area contributed by atoms with Crippen molar-refractivity contribution in [3.8, 4) is 5.88 Å². The molecule has 4 nitrogen and oxygen atoms in total. The predicted octanol–water partition coefficient (Wildman–Crippen LogP) is 3.26. The van der Waals surface area contributed by atoms with Crippen molar-refractivity contribution in [3.63, 3.8) is 0 Å². The van der Waals surface area contributed by atoms with Crippen LogP contribution in [0.25, 0.3) is 0 Å². The molecule has 0 amide bonds. The normalized spacial score (nSPS) is 23.6. The number of aromatic nitrogens is 1. The van der Waals surface area contributed by atoms with Crippen LogP contribution in [-0.4, -0.2) is 41.3 Å². The van der Waals surface area contributed by atoms with Gasteiger partial charge in [-0.05, 0) is 30.0 Å². The molecule has 0 aliphatic carbocycles. The van der Waals surface area contributed by atoms with Crippen LogP contribution in [0, 0.1) is 6.92 Å². The number of ether oxygens (including phenoxy) is 2. The Hall–Kier alpha value is -1.43. The van der Waals surface area contributed by atoms with Crippen molar-refractivity contribution in [2.75, 3.05) is 19.7 Å². The SMILES string of the molecule is Cc1ccsc1CN1CC2(C[C@H](Oc3ccccn3)CCO2)C1. The molecule has 122 valence electrons. The van der Waals surface area contributed by atoms with Crippen LogP contribution < -0.4 is 4.74 Å². The molecule has 0 unspecified atom stereocenters. The van der Waals surface area contributed by atoms with Crippen molar-refractivity contribution < 1.29 is 9.47 Å². The molecule has 2 aliphatic rings. The van der Waals surface area contributed by atoms with Gasteiger partial charge in [-0.1, -0.05) is 6.07 Å². The van der Waals surface area contributed by atoms with E-state index in [0.717, 1.165) is 45.0 Å². The number of nitrogens with zero attached hydrogens (tertiary/aromatic N) is 2. The quantitative estimate of drug-likeness (QED) is 0.862. The lowest BCUT2D eigenvalue weighted by Crippen LogP contribution is -2.65. The Morgan fingerprint density at radius 1 is 1.39 bits per heavy atom. The van der Waals surface area contributed by atoms with Crippen molar-refractivity contribution in [3.05, 3.63) is 46.3 Å². The smallest absolute Gasteiger partial charge is 0.213 e. The van der Waals surface area contributed by atoms with Gasteiger partial charge in [0.2, 0.25) is 5.88 Å². The largest absolute Gasteiger partial charge is 0.474 e. The molecule has 0 bridgehead atoms. The number of thiophene rings is 1. The van der Waals surface area contributed by atoms with Gasteiger partial charge in [-0.25, -0.2) is 4.98 Å². The summed E-state index contributed by atoms with van der Waals surface area (Å²) >= 11 is 1.85. The van der Waals surface area contributed by atoms with Gasteiger partial charge in [0, 0.05) is 49.6 Å². The molecule has 0 N–H and O–H groups in total. The van der Waals surface area contributed by atoms with Gasteiger partial charge in [0.05, 0.1) is 12.2 Å². The summed E-state index contributed by atoms with van der Waals surface area (Å²) in [6, 6.07) is 8.00. The molecule has 2 saturated heterocycles. The minimum Gasteiger partial charge on any atom is -0.474 e. The first-order chi connectivity index (χ1) is 11.2. The highest BCUT2D eigenvalue weighted by molar-refractivity contribution is 7.10. The summed E-state index contributed by atoms with van der Waals surface area (Å²) in [5.41, 5.74) is 1.39. The lowest BCUT2D eigenvalue weighted by molar-refractivity contribution is -0.188. The van der Waals surface area contributed by atoms with E-state index < -0.39 is 0 Å². The standard InChI is InChI=1S/C18H22N2O2S/c1-14-6-9-23-16(14)11-20-12-18(13-20)10-15(5-8-21-18)22-17-4-2-3-7-19-17/h2-4,6-7,9,15H,5,8,10-13H2,1H3/t15-/m1/s1. The molecule has 5 heteroatoms. The fourth-order valence-electron chi connectivity index (χ4n) is 3.54. The van der Waals surface area contributed by atoms with Crippen molar-refractivity contribution >= 4 is 11.3 Å². The van der Waals surface area contributed by atoms with Crippen LogP contribution in [0.5, 0.6) is 5.88 Å². The molecular weight excluding hydrogens is 308 g/mol. The summed E-state index contributed by atoms with van der Waals surface area (Å²) in [4.78, 5) is 8.21. The topological polar surface area (TPSA) is 34.6 Å². The Morgan fingerprint density at radius 3 is 3.04 bits per heavy atom. The Bertz CT molecular complexity index is 652. The second kappa shape index (κ2) is 6.23. The zero-order chi connectivity index (χ0) is 15.7. The Kier molecular flexibility index (Phi) is 4.09. The van der Waals surface area contributed by atoms with Gasteiger partial charge in [-0.2, -0.15) is 0 Å². The van der Waals surface area contributed by atoms with Gasteiger partial charge in [0.15, 0.2) is 0 Å². The molecular formula is C18H22N2O2S. The summed E-state index contributed by atoms with van der Waals surface area (Å²) in [5.74, 6) is 0.722. The van der Waals surface area contributed by atoms with E-state index in [4.69, 9.17) is 9.47 Å². The molecule has 2 aliphatic heterocycles. The second-order valence-corrected chi connectivity index (χ2v) is 7.60. The molecule has 2 aromatic rings. The summed E-state index contributed by atoms with van der Waals surface area (Å²) in [5, 5.41) is 2.17. The van der Waals surface area contributed by atoms with E-state index in [-0.39, 0.29) is 11.7 Å². The summed E-state index contributed by atoms with van der Waals surface area (Å²) < 4.78 is 12.1. The number of hydrogen-bond acceptors (Lipinski definition) is 5. The first-order valence-corrected chi connectivity index (χ1v) is 9.07. The fraction of sp³-hybridized carbons (Fsp3) is 0.500. The van der Waals surface area contributed by atoms with Gasteiger partial charge >= 0.3 is 0 Å². The third-order valence-corrected chi connectivity index (χ3v) is 5.74. The number of pyridine rings is 1. The molecule has 4 heterocycles. The molecule has 0 aromatic carbocycles. The average Bonchev–Trinajstić information content (AvgIpc) is 2.92. The lowest BCUT2D eigenvalue weighted by atomic mass is 9.84. The zero-order valence-corrected chi connectivity index (χ0v) is 14.2. The molecule has 4 rings (SSSR count). The van der Waals surface area contributed by atoms with Crippen LogP contribution in [-0.2, 0) is 11.3 Å². The van der Waals surface area contributed by atoms with Crippen molar-refractivity contribution in [2.45, 2.75) is 38.0 Å². The highest BCUT2D eigenvalue weighted by atomic mass is 32.1. The van der Waals surface area contributed by atoms with E-state index in [2.05, 4.69) is 28.3 Å². The minimum atomic E-state index is -0.0111. The molecule has 1 atom stereocenters. The lowest BCUT2D eigenvalue weighted by Gasteiger charge is -2.53. The third-order valence-electron chi connectivity index (χ3n) is 4.73. The van der Waals surface area contributed by atoms with Crippen LogP contribution in [0.15, 0.2) is 35.8 Å². The van der Waals surface area contributed by atoms with Crippen molar-refractivity contribution in [1.82, 2.24) is 9.88 Å². The van der Waals surface area contributed by atoms with Gasteiger partial charge in [-0.3, -0.25) is 4.90 Å². The maximum absolute atomic E-state index is 6.11. The van der Waals surface area contributed by atoms with E-state index in [9.17, 15) is 0 Å². The second-order valence-electron chi connectivity index (χ2n) is 6.60. The predicted molar refractivity (Wildman–Crippen MR) is 90.9 cm³/mol. The van der Waals surface area contributed by atoms with E-state index in [1.165, 1.54) is 10.4 Å². The number of likely N-dealkylation sites (tertiary alicyclic amines) is 1. The molecule has 1 spiro atoms. The van der Waals surface area contributed by atoms with Gasteiger partial charge in [0.25, 0.3) is 0 Å². The van der Waals surface area contributed by atoms with Gasteiger partial charge in [-0.15, -0.1) is 11.3 Å². The maximum Gasteiger partial charge on any atom is 0.213 e. The van der Waals surface area contributed by atoms with E-state index in [1.54, 1.807) is 6.20 Å². The van der Waals surface area contributed by atoms with Crippen LogP contribution in [0.1, 0.15) is 23.3 Å². The molecule has 2 fully saturated rings. The Labute approximate surface area is 141 Å². The Balaban J connectivity index is 1.33. The number of hydrogen-bond donors (Lipinski definition) is 0.